The monoisotopic (exact) mass is 364 g/mol. The minimum absolute atomic E-state index is 0.153. The summed E-state index contributed by atoms with van der Waals surface area (Å²) in [7, 11) is 0. The Bertz CT molecular complexity index is 871. The highest BCUT2D eigenvalue weighted by Crippen LogP contribution is 2.41. The van der Waals surface area contributed by atoms with Crippen LogP contribution in [0.25, 0.3) is 0 Å². The summed E-state index contributed by atoms with van der Waals surface area (Å²) < 4.78 is 5.76. The van der Waals surface area contributed by atoms with Gasteiger partial charge in [0.25, 0.3) is 0 Å². The first-order valence-corrected chi connectivity index (χ1v) is 8.94. The number of anilines is 1. The third-order valence-corrected chi connectivity index (χ3v) is 4.94. The van der Waals surface area contributed by atoms with E-state index in [-0.39, 0.29) is 5.78 Å². The topological polar surface area (TPSA) is 67.8 Å². The van der Waals surface area contributed by atoms with Crippen LogP contribution in [0, 0.1) is 10.8 Å². The van der Waals surface area contributed by atoms with Crippen molar-refractivity contribution in [1.29, 1.82) is 0 Å². The maximum absolute atomic E-state index is 13.0. The number of esters is 1. The minimum atomic E-state index is -1.17. The van der Waals surface area contributed by atoms with Crippen LogP contribution in [0.2, 0.25) is 0 Å². The summed E-state index contributed by atoms with van der Waals surface area (Å²) in [5, 5.41) is 4.54. The van der Waals surface area contributed by atoms with Crippen LogP contribution in [-0.4, -0.2) is 23.6 Å². The number of hydrogen-bond acceptors (Lipinski definition) is 5. The van der Waals surface area contributed by atoms with Gasteiger partial charge in [-0.3, -0.25) is 15.0 Å². The van der Waals surface area contributed by atoms with E-state index in [4.69, 9.17) is 4.74 Å². The van der Waals surface area contributed by atoms with Crippen LogP contribution in [0.15, 0.2) is 65.8 Å². The van der Waals surface area contributed by atoms with E-state index in [2.05, 4.69) is 10.5 Å². The van der Waals surface area contributed by atoms with Crippen LogP contribution >= 0.6 is 0 Å². The summed E-state index contributed by atoms with van der Waals surface area (Å²) in [6, 6.07) is 18.9. The van der Waals surface area contributed by atoms with Gasteiger partial charge >= 0.3 is 5.97 Å². The molecule has 1 atom stereocenters. The molecule has 140 valence electrons. The maximum Gasteiger partial charge on any atom is 0.319 e. The zero-order valence-electron chi connectivity index (χ0n) is 16.0. The Morgan fingerprint density at radius 2 is 1.48 bits per heavy atom. The fraction of sp³-hybridized carbons (Fsp3) is 0.318. The summed E-state index contributed by atoms with van der Waals surface area (Å²) in [6.45, 7) is 6.82. The van der Waals surface area contributed by atoms with Gasteiger partial charge in [-0.25, -0.2) is 0 Å². The van der Waals surface area contributed by atoms with E-state index >= 15 is 0 Å². The second-order valence-electron chi connectivity index (χ2n) is 7.80. The molecular weight excluding hydrogens is 340 g/mol. The molecule has 1 N–H and O–H groups in total. The van der Waals surface area contributed by atoms with Crippen LogP contribution in [0.4, 0.5) is 5.69 Å². The molecule has 1 saturated heterocycles. The van der Waals surface area contributed by atoms with Crippen LogP contribution in [0.5, 0.6) is 0 Å². The Hall–Kier alpha value is -2.95. The van der Waals surface area contributed by atoms with E-state index in [1.165, 1.54) is 0 Å². The van der Waals surface area contributed by atoms with Gasteiger partial charge in [0.2, 0.25) is 0 Å². The number of benzene rings is 2. The lowest BCUT2D eigenvalue weighted by Gasteiger charge is -2.43. The van der Waals surface area contributed by atoms with Gasteiger partial charge in [0.05, 0.1) is 11.1 Å². The van der Waals surface area contributed by atoms with Crippen LogP contribution in [0.3, 0.4) is 0 Å². The molecule has 5 heteroatoms. The molecule has 5 nitrogen and oxygen atoms in total. The van der Waals surface area contributed by atoms with Crippen molar-refractivity contribution in [1.82, 2.24) is 0 Å². The zero-order valence-corrected chi connectivity index (χ0v) is 16.0. The molecule has 0 saturated carbocycles. The van der Waals surface area contributed by atoms with Crippen molar-refractivity contribution in [2.24, 2.45) is 15.9 Å². The number of ketones is 1. The number of Topliss-reactive ketones (excluding diaryl/α,β-unsaturated/α-hetero) is 1. The molecule has 1 fully saturated rings. The van der Waals surface area contributed by atoms with Gasteiger partial charge in [-0.2, -0.15) is 5.10 Å². The number of nitrogens with zero attached hydrogens (tertiary/aromatic N) is 1. The number of para-hydroxylation sites is 1. The molecule has 1 aliphatic rings. The predicted molar refractivity (Wildman–Crippen MR) is 105 cm³/mol. The SMILES string of the molecule is CC1(C)C(=O)OC(C(=NNc2ccccc2)c2ccccc2)C(C)(C)C1=O. The number of nitrogens with one attached hydrogen (secondary N) is 1. The molecule has 3 rings (SSSR count). The molecule has 0 aliphatic carbocycles. The van der Waals surface area contributed by atoms with Crippen molar-refractivity contribution in [3.63, 3.8) is 0 Å². The van der Waals surface area contributed by atoms with Crippen LogP contribution < -0.4 is 5.43 Å². The highest BCUT2D eigenvalue weighted by molar-refractivity contribution is 6.15. The van der Waals surface area contributed by atoms with Crippen molar-refractivity contribution in [2.45, 2.75) is 33.8 Å². The summed E-state index contributed by atoms with van der Waals surface area (Å²) in [6.07, 6.45) is -0.788. The molecule has 1 unspecified atom stereocenters. The first-order chi connectivity index (χ1) is 12.7. The lowest BCUT2D eigenvalue weighted by atomic mass is 9.67. The summed E-state index contributed by atoms with van der Waals surface area (Å²) in [5.74, 6) is -0.681. The molecule has 2 aromatic carbocycles. The van der Waals surface area contributed by atoms with E-state index in [0.29, 0.717) is 5.71 Å². The maximum atomic E-state index is 13.0. The number of hydrazone groups is 1. The Morgan fingerprint density at radius 3 is 2.07 bits per heavy atom. The van der Waals surface area contributed by atoms with Crippen molar-refractivity contribution in [3.8, 4) is 0 Å². The van der Waals surface area contributed by atoms with Crippen molar-refractivity contribution < 1.29 is 14.3 Å². The van der Waals surface area contributed by atoms with Crippen molar-refractivity contribution in [3.05, 3.63) is 66.2 Å². The molecule has 0 amide bonds. The lowest BCUT2D eigenvalue weighted by Crippen LogP contribution is -2.58. The normalized spacial score (nSPS) is 21.5. The third-order valence-electron chi connectivity index (χ3n) is 4.94. The first kappa shape index (κ1) is 18.8. The van der Waals surface area contributed by atoms with Crippen molar-refractivity contribution >= 4 is 23.2 Å². The number of carbonyl (C=O) groups excluding carboxylic acids is 2. The molecule has 0 aromatic heterocycles. The van der Waals surface area contributed by atoms with E-state index in [1.54, 1.807) is 27.7 Å². The highest BCUT2D eigenvalue weighted by Gasteiger charge is 2.56. The molecular formula is C22H24N2O3. The molecule has 0 bridgehead atoms. The molecule has 1 heterocycles. The molecule has 27 heavy (non-hydrogen) atoms. The smallest absolute Gasteiger partial charge is 0.319 e. The number of hydrogen-bond donors (Lipinski definition) is 1. The fourth-order valence-corrected chi connectivity index (χ4v) is 3.34. The molecule has 0 radical (unpaired) electrons. The van der Waals surface area contributed by atoms with Gasteiger partial charge in [0.15, 0.2) is 11.9 Å². The number of carbonyl (C=O) groups is 2. The lowest BCUT2D eigenvalue weighted by molar-refractivity contribution is -0.179. The number of cyclic esters (lactones) is 1. The largest absolute Gasteiger partial charge is 0.454 e. The average molecular weight is 364 g/mol. The van der Waals surface area contributed by atoms with Crippen LogP contribution in [-0.2, 0) is 14.3 Å². The van der Waals surface area contributed by atoms with Crippen molar-refractivity contribution in [2.75, 3.05) is 5.43 Å². The summed E-state index contributed by atoms with van der Waals surface area (Å²) in [5.41, 5.74) is 3.04. The van der Waals surface area contributed by atoms with Gasteiger partial charge < -0.3 is 4.74 Å². The molecule has 1 aliphatic heterocycles. The first-order valence-electron chi connectivity index (χ1n) is 8.94. The molecule has 0 spiro atoms. The van der Waals surface area contributed by atoms with Gasteiger partial charge in [-0.15, -0.1) is 0 Å². The van der Waals surface area contributed by atoms with Crippen LogP contribution in [0.1, 0.15) is 33.3 Å². The Morgan fingerprint density at radius 1 is 0.926 bits per heavy atom. The third kappa shape index (κ3) is 3.50. The van der Waals surface area contributed by atoms with Gasteiger partial charge in [-0.05, 0) is 39.8 Å². The molecule has 2 aromatic rings. The van der Waals surface area contributed by atoms with Gasteiger partial charge in [0.1, 0.15) is 11.1 Å². The quantitative estimate of drug-likeness (QED) is 0.385. The Kier molecular flexibility index (Phi) is 4.87. The van der Waals surface area contributed by atoms with E-state index in [0.717, 1.165) is 11.3 Å². The average Bonchev–Trinajstić information content (AvgIpc) is 2.67. The Labute approximate surface area is 159 Å². The number of rotatable bonds is 4. The summed E-state index contributed by atoms with van der Waals surface area (Å²) >= 11 is 0. The van der Waals surface area contributed by atoms with Gasteiger partial charge in [-0.1, -0.05) is 48.5 Å². The fourth-order valence-electron chi connectivity index (χ4n) is 3.34. The zero-order chi connectivity index (χ0) is 19.7. The van der Waals surface area contributed by atoms with E-state index in [1.807, 2.05) is 60.7 Å². The second kappa shape index (κ2) is 6.99. The highest BCUT2D eigenvalue weighted by atomic mass is 16.5. The van der Waals surface area contributed by atoms with E-state index < -0.39 is 22.9 Å². The van der Waals surface area contributed by atoms with Gasteiger partial charge in [0, 0.05) is 5.56 Å². The standard InChI is InChI=1S/C22H24N2O3/c1-21(2)18(27-20(26)22(3,4)19(21)25)17(15-11-7-5-8-12-15)24-23-16-13-9-6-10-14-16/h5-14,18,23H,1-4H3. The van der Waals surface area contributed by atoms with E-state index in [9.17, 15) is 9.59 Å². The second-order valence-corrected chi connectivity index (χ2v) is 7.80. The Balaban J connectivity index is 2.05. The number of ether oxygens (including phenoxy) is 1. The summed E-state index contributed by atoms with van der Waals surface area (Å²) in [4.78, 5) is 25.5. The predicted octanol–water partition coefficient (Wildman–Crippen LogP) is 4.05. The minimum Gasteiger partial charge on any atom is -0.454 e.